The van der Waals surface area contributed by atoms with Gasteiger partial charge in [0.2, 0.25) is 5.60 Å². The Morgan fingerprint density at radius 3 is 2.69 bits per heavy atom. The fourth-order valence-electron chi connectivity index (χ4n) is 4.24. The molecule has 3 aromatic heterocycles. The molecule has 42 heavy (non-hydrogen) atoms. The number of carbonyl (C=O) groups excluding carboxylic acids is 2. The van der Waals surface area contributed by atoms with Gasteiger partial charge in [-0.3, -0.25) is 14.5 Å². The number of fused-ring (bicyclic) bond motifs is 2. The number of anilines is 1. The van der Waals surface area contributed by atoms with Crippen molar-refractivity contribution in [3.63, 3.8) is 0 Å². The van der Waals surface area contributed by atoms with Crippen molar-refractivity contribution in [3.05, 3.63) is 52.6 Å². The summed E-state index contributed by atoms with van der Waals surface area (Å²) in [7, 11) is 0. The molecule has 18 heteroatoms. The summed E-state index contributed by atoms with van der Waals surface area (Å²) in [5.74, 6) is -3.75. The molecule has 2 aliphatic rings. The average Bonchev–Trinajstić information content (AvgIpc) is 3.52. The zero-order chi connectivity index (χ0) is 29.6. The molecule has 0 aliphatic carbocycles. The topological polar surface area (TPSA) is 206 Å². The molecule has 2 atom stereocenters. The Morgan fingerprint density at radius 2 is 2.05 bits per heavy atom. The second kappa shape index (κ2) is 12.0. The molecular weight excluding hydrogens is 599 g/mol. The van der Waals surface area contributed by atoms with Crippen molar-refractivity contribution >= 4 is 92.9 Å². The summed E-state index contributed by atoms with van der Waals surface area (Å²) in [6, 6.07) is 2.66. The van der Waals surface area contributed by atoms with E-state index >= 15 is 0 Å². The van der Waals surface area contributed by atoms with E-state index in [9.17, 15) is 29.4 Å². The van der Waals surface area contributed by atoms with Gasteiger partial charge in [0.1, 0.15) is 35.5 Å². The molecule has 1 fully saturated rings. The molecule has 2 amide bonds. The molecule has 2 aliphatic heterocycles. The number of nitrogens with zero attached hydrogens (tertiary/aromatic N) is 6. The molecule has 1 saturated heterocycles. The number of oxime groups is 1. The van der Waals surface area contributed by atoms with Crippen LogP contribution in [0.3, 0.4) is 0 Å². The van der Waals surface area contributed by atoms with Crippen LogP contribution < -0.4 is 15.6 Å². The Hall–Kier alpha value is -3.51. The van der Waals surface area contributed by atoms with Crippen LogP contribution in [-0.2, 0) is 30.6 Å². The number of imidazole rings is 1. The molecule has 3 aromatic rings. The molecular formula is C24H26N8NaO7S2+. The number of aryl methyl sites for hydroxylation is 1. The van der Waals surface area contributed by atoms with E-state index in [0.29, 0.717) is 11.3 Å². The monoisotopic (exact) mass is 625 g/mol. The number of nitrogens with one attached hydrogen (secondary N) is 1. The number of rotatable bonds is 9. The average molecular weight is 626 g/mol. The van der Waals surface area contributed by atoms with Gasteiger partial charge in [0, 0.05) is 22.8 Å². The number of nitrogens with two attached hydrogens (primary N) is 1. The summed E-state index contributed by atoms with van der Waals surface area (Å²) in [5.41, 5.74) is 5.55. The van der Waals surface area contributed by atoms with E-state index in [1.165, 1.54) is 35.9 Å². The number of hydrogen-bond acceptors (Lipinski definition) is 11. The second-order valence-corrected chi connectivity index (χ2v) is 11.7. The van der Waals surface area contributed by atoms with E-state index < -0.39 is 40.8 Å². The van der Waals surface area contributed by atoms with Crippen LogP contribution in [0.25, 0.3) is 5.65 Å². The summed E-state index contributed by atoms with van der Waals surface area (Å²) in [6.07, 6.45) is 3.55. The quantitative estimate of drug-likeness (QED) is 0.0772. The number of thiazole rings is 1. The molecule has 0 aromatic carbocycles. The predicted molar refractivity (Wildman–Crippen MR) is 153 cm³/mol. The van der Waals surface area contributed by atoms with E-state index in [2.05, 4.69) is 20.6 Å². The molecule has 216 valence electrons. The van der Waals surface area contributed by atoms with E-state index in [0.717, 1.165) is 22.7 Å². The molecule has 5 rings (SSSR count). The molecule has 0 spiro atoms. The van der Waals surface area contributed by atoms with Crippen LogP contribution in [0.1, 0.15) is 25.2 Å². The van der Waals surface area contributed by atoms with Gasteiger partial charge in [-0.25, -0.2) is 19.1 Å². The number of aliphatic carboxylic acids is 2. The van der Waals surface area contributed by atoms with Gasteiger partial charge in [-0.2, -0.15) is 0 Å². The summed E-state index contributed by atoms with van der Waals surface area (Å²) < 4.78 is 3.53. The fourth-order valence-corrected chi connectivity index (χ4v) is 6.12. The van der Waals surface area contributed by atoms with Crippen LogP contribution in [0.5, 0.6) is 0 Å². The van der Waals surface area contributed by atoms with Crippen molar-refractivity contribution in [1.29, 1.82) is 0 Å². The molecule has 15 nitrogen and oxygen atoms in total. The molecule has 5 heterocycles. The van der Waals surface area contributed by atoms with Gasteiger partial charge in [0.15, 0.2) is 17.0 Å². The first-order valence-electron chi connectivity index (χ1n) is 12.1. The Balaban J connectivity index is 0.00000405. The zero-order valence-corrected chi connectivity index (χ0v) is 23.6. The number of thioether (sulfide) groups is 1. The number of aromatic nitrogens is 4. The number of nitrogen functional groups attached to an aromatic ring is 1. The van der Waals surface area contributed by atoms with Gasteiger partial charge in [-0.05, 0) is 26.8 Å². The van der Waals surface area contributed by atoms with Crippen molar-refractivity contribution in [2.45, 2.75) is 44.3 Å². The van der Waals surface area contributed by atoms with Crippen molar-refractivity contribution in [2.24, 2.45) is 5.16 Å². The van der Waals surface area contributed by atoms with Crippen LogP contribution in [-0.4, -0.2) is 112 Å². The van der Waals surface area contributed by atoms with Crippen molar-refractivity contribution in [1.82, 2.24) is 24.9 Å². The van der Waals surface area contributed by atoms with E-state index in [-0.39, 0.29) is 58.3 Å². The maximum atomic E-state index is 13.2. The van der Waals surface area contributed by atoms with Crippen LogP contribution >= 0.6 is 23.1 Å². The Labute approximate surface area is 268 Å². The second-order valence-electron chi connectivity index (χ2n) is 9.74. The SMILES string of the molecule is Cc1ccc2n(CC3=C(C(=O)O)N4C(=O)[C@@H](NC(=O)/C(=N\OC(C)(C)C(=O)O)c5csc(N)n5)[C@H]4SC3)cc[n+]2n1.[NaH]. The first-order valence-corrected chi connectivity index (χ1v) is 14.1. The Bertz CT molecular complexity index is 1670. The van der Waals surface area contributed by atoms with Crippen LogP contribution in [0, 0.1) is 6.92 Å². The summed E-state index contributed by atoms with van der Waals surface area (Å²) in [6.45, 7) is 4.59. The summed E-state index contributed by atoms with van der Waals surface area (Å²) in [4.78, 5) is 60.5. The van der Waals surface area contributed by atoms with Crippen molar-refractivity contribution < 1.29 is 38.7 Å². The van der Waals surface area contributed by atoms with Crippen LogP contribution in [0.2, 0.25) is 0 Å². The number of carboxylic acid groups (broad SMARTS) is 2. The third kappa shape index (κ3) is 5.87. The van der Waals surface area contributed by atoms with Gasteiger partial charge >= 0.3 is 47.1 Å². The van der Waals surface area contributed by atoms with Gasteiger partial charge in [0.25, 0.3) is 11.8 Å². The zero-order valence-electron chi connectivity index (χ0n) is 22.0. The maximum absolute atomic E-state index is 13.2. The molecule has 0 unspecified atom stereocenters. The number of carbonyl (C=O) groups is 4. The first kappa shape index (κ1) is 31.4. The van der Waals surface area contributed by atoms with Gasteiger partial charge < -0.3 is 26.1 Å². The van der Waals surface area contributed by atoms with E-state index in [1.807, 2.05) is 23.6 Å². The molecule has 0 saturated carbocycles. The van der Waals surface area contributed by atoms with Crippen molar-refractivity contribution in [2.75, 3.05) is 11.5 Å². The number of amides is 2. The predicted octanol–water partition coefficient (Wildman–Crippen LogP) is -0.657. The van der Waals surface area contributed by atoms with Gasteiger partial charge in [-0.1, -0.05) is 10.3 Å². The van der Waals surface area contributed by atoms with E-state index in [1.54, 1.807) is 16.9 Å². The van der Waals surface area contributed by atoms with Crippen molar-refractivity contribution in [3.8, 4) is 0 Å². The van der Waals surface area contributed by atoms with Crippen LogP contribution in [0.15, 0.2) is 46.3 Å². The van der Waals surface area contributed by atoms with Gasteiger partial charge in [-0.15, -0.1) is 27.6 Å². The van der Waals surface area contributed by atoms with E-state index in [4.69, 9.17) is 10.6 Å². The van der Waals surface area contributed by atoms with Gasteiger partial charge in [0.05, 0.1) is 5.69 Å². The summed E-state index contributed by atoms with van der Waals surface area (Å²) in [5, 5.41) is 31.0. The number of hydrogen-bond donors (Lipinski definition) is 4. The van der Waals surface area contributed by atoms with Crippen LogP contribution in [0.4, 0.5) is 5.13 Å². The molecule has 0 radical (unpaired) electrons. The molecule has 0 bridgehead atoms. The Morgan fingerprint density at radius 1 is 1.31 bits per heavy atom. The molecule has 5 N–H and O–H groups in total. The number of β-lactam (4-membered cyclic amide) rings is 1. The minimum absolute atomic E-state index is 0. The third-order valence-electron chi connectivity index (χ3n) is 6.41. The minimum atomic E-state index is -1.76. The standard InChI is InChI=1S/C24H24N8O7S2.Na.H/c1-11-4-5-14-30(6-7-31(14)28-11)8-12-9-40-20-16(19(34)32(20)17(12)21(35)36)27-18(33)15(13-10-41-23(25)26-13)29-39-24(2,3)22(37)38;;/h4-7,10,16,20H,8-9H2,1-3H3,(H4-,25,26,27,33,35,36,37,38);;/p+1/b29-15-;;/t16-,20-;;/m1../s1. The third-order valence-corrected chi connectivity index (χ3v) is 8.43. The number of carboxylic acids is 2. The fraction of sp³-hybridized carbons (Fsp3) is 0.333. The Kier molecular flexibility index (Phi) is 8.98. The summed E-state index contributed by atoms with van der Waals surface area (Å²) >= 11 is 2.34. The first-order chi connectivity index (χ1) is 19.4. The normalized spacial score (nSPS) is 18.7.